The number of nitrogens with zero attached hydrogens (tertiary/aromatic N) is 1. The molecule has 0 bridgehead atoms. The summed E-state index contributed by atoms with van der Waals surface area (Å²) in [6.07, 6.45) is 0. The van der Waals surface area contributed by atoms with Crippen molar-refractivity contribution in [2.24, 2.45) is 0 Å². The monoisotopic (exact) mass is 286 g/mol. The third kappa shape index (κ3) is 3.12. The van der Waals surface area contributed by atoms with Gasteiger partial charge in [0.1, 0.15) is 11.9 Å². The minimum Gasteiger partial charge on any atom is -0.352 e. The van der Waals surface area contributed by atoms with Gasteiger partial charge in [0.2, 0.25) is 0 Å². The van der Waals surface area contributed by atoms with Crippen molar-refractivity contribution in [3.8, 4) is 6.07 Å². The largest absolute Gasteiger partial charge is 0.352 e. The Morgan fingerprint density at radius 3 is 2.70 bits per heavy atom. The standard InChI is InChI=1S/C16H15FN2S/c1-3-20-16-6-4-5-14(12(16)10-18)19-15-8-7-11(2)9-13(15)17/h4-9,19H,3H2,1-2H3. The highest BCUT2D eigenvalue weighted by atomic mass is 32.2. The van der Waals surface area contributed by atoms with Crippen LogP contribution in [0, 0.1) is 24.1 Å². The number of rotatable bonds is 4. The Bertz CT molecular complexity index is 662. The van der Waals surface area contributed by atoms with E-state index in [9.17, 15) is 9.65 Å². The van der Waals surface area contributed by atoms with Gasteiger partial charge in [0.15, 0.2) is 0 Å². The molecule has 0 radical (unpaired) electrons. The molecule has 0 aliphatic heterocycles. The van der Waals surface area contributed by atoms with Crippen LogP contribution in [0.4, 0.5) is 15.8 Å². The Hall–Kier alpha value is -1.99. The molecule has 0 saturated heterocycles. The molecule has 20 heavy (non-hydrogen) atoms. The molecule has 0 spiro atoms. The van der Waals surface area contributed by atoms with E-state index in [4.69, 9.17) is 0 Å². The van der Waals surface area contributed by atoms with Crippen LogP contribution in [0.2, 0.25) is 0 Å². The molecule has 4 heteroatoms. The molecule has 0 unspecified atom stereocenters. The number of hydrogen-bond acceptors (Lipinski definition) is 3. The molecule has 0 heterocycles. The van der Waals surface area contributed by atoms with Crippen molar-refractivity contribution in [1.29, 1.82) is 5.26 Å². The van der Waals surface area contributed by atoms with Gasteiger partial charge in [0.05, 0.1) is 16.9 Å². The van der Waals surface area contributed by atoms with Crippen molar-refractivity contribution in [3.63, 3.8) is 0 Å². The summed E-state index contributed by atoms with van der Waals surface area (Å²) >= 11 is 1.60. The number of anilines is 2. The number of thioether (sulfide) groups is 1. The van der Waals surface area contributed by atoms with Gasteiger partial charge in [-0.25, -0.2) is 4.39 Å². The first kappa shape index (κ1) is 14.4. The lowest BCUT2D eigenvalue weighted by atomic mass is 10.1. The summed E-state index contributed by atoms with van der Waals surface area (Å²) in [4.78, 5) is 0.910. The number of nitriles is 1. The van der Waals surface area contributed by atoms with Gasteiger partial charge in [0, 0.05) is 4.90 Å². The first-order valence-corrected chi connectivity index (χ1v) is 7.33. The Kier molecular flexibility index (Phi) is 4.65. The third-order valence-corrected chi connectivity index (χ3v) is 3.77. The summed E-state index contributed by atoms with van der Waals surface area (Å²) < 4.78 is 13.9. The predicted molar refractivity (Wildman–Crippen MR) is 82.0 cm³/mol. The van der Waals surface area contributed by atoms with Gasteiger partial charge >= 0.3 is 0 Å². The third-order valence-electron chi connectivity index (χ3n) is 2.83. The molecule has 0 amide bonds. The first-order valence-electron chi connectivity index (χ1n) is 6.34. The van der Waals surface area contributed by atoms with E-state index in [0.29, 0.717) is 16.9 Å². The normalized spacial score (nSPS) is 10.1. The fraction of sp³-hybridized carbons (Fsp3) is 0.188. The molecule has 2 aromatic rings. The zero-order valence-corrected chi connectivity index (χ0v) is 12.2. The van der Waals surface area contributed by atoms with E-state index < -0.39 is 0 Å². The van der Waals surface area contributed by atoms with Gasteiger partial charge in [-0.2, -0.15) is 5.26 Å². The second kappa shape index (κ2) is 6.44. The Balaban J connectivity index is 2.38. The van der Waals surface area contributed by atoms with Crippen LogP contribution in [-0.4, -0.2) is 5.75 Å². The van der Waals surface area contributed by atoms with Gasteiger partial charge in [0.25, 0.3) is 0 Å². The van der Waals surface area contributed by atoms with Crippen LogP contribution < -0.4 is 5.32 Å². The topological polar surface area (TPSA) is 35.8 Å². The molecule has 0 aromatic heterocycles. The van der Waals surface area contributed by atoms with Gasteiger partial charge in [-0.1, -0.05) is 19.1 Å². The van der Waals surface area contributed by atoms with Crippen LogP contribution in [0.3, 0.4) is 0 Å². The molecule has 0 saturated carbocycles. The molecular formula is C16H15FN2S. The smallest absolute Gasteiger partial charge is 0.146 e. The second-order valence-electron chi connectivity index (χ2n) is 4.33. The van der Waals surface area contributed by atoms with Gasteiger partial charge in [-0.05, 0) is 42.5 Å². The van der Waals surface area contributed by atoms with E-state index in [-0.39, 0.29) is 5.82 Å². The van der Waals surface area contributed by atoms with E-state index in [1.54, 1.807) is 23.9 Å². The van der Waals surface area contributed by atoms with Gasteiger partial charge < -0.3 is 5.32 Å². The van der Waals surface area contributed by atoms with Crippen molar-refractivity contribution < 1.29 is 4.39 Å². The molecular weight excluding hydrogens is 271 g/mol. The summed E-state index contributed by atoms with van der Waals surface area (Å²) in [6.45, 7) is 3.87. The summed E-state index contributed by atoms with van der Waals surface area (Å²) in [7, 11) is 0. The van der Waals surface area contributed by atoms with Crippen molar-refractivity contribution in [1.82, 2.24) is 0 Å². The summed E-state index contributed by atoms with van der Waals surface area (Å²) in [6, 6.07) is 12.8. The number of benzene rings is 2. The Morgan fingerprint density at radius 1 is 1.25 bits per heavy atom. The molecule has 2 nitrogen and oxygen atoms in total. The molecule has 0 fully saturated rings. The number of nitrogens with one attached hydrogen (secondary N) is 1. The van der Waals surface area contributed by atoms with Crippen molar-refractivity contribution in [2.45, 2.75) is 18.7 Å². The molecule has 102 valence electrons. The summed E-state index contributed by atoms with van der Waals surface area (Å²) in [5.41, 5.74) is 2.43. The molecule has 0 aliphatic rings. The fourth-order valence-electron chi connectivity index (χ4n) is 1.89. The highest BCUT2D eigenvalue weighted by Gasteiger charge is 2.10. The van der Waals surface area contributed by atoms with E-state index in [2.05, 4.69) is 11.4 Å². The zero-order chi connectivity index (χ0) is 14.5. The van der Waals surface area contributed by atoms with Crippen LogP contribution in [0.25, 0.3) is 0 Å². The molecule has 2 rings (SSSR count). The highest BCUT2D eigenvalue weighted by molar-refractivity contribution is 7.99. The van der Waals surface area contributed by atoms with Crippen LogP contribution in [0.15, 0.2) is 41.3 Å². The average molecular weight is 286 g/mol. The van der Waals surface area contributed by atoms with Crippen LogP contribution in [0.5, 0.6) is 0 Å². The van der Waals surface area contributed by atoms with Crippen molar-refractivity contribution >= 4 is 23.1 Å². The van der Waals surface area contributed by atoms with Crippen LogP contribution >= 0.6 is 11.8 Å². The second-order valence-corrected chi connectivity index (χ2v) is 5.64. The molecule has 1 N–H and O–H groups in total. The van der Waals surface area contributed by atoms with Gasteiger partial charge in [-0.3, -0.25) is 0 Å². The maximum Gasteiger partial charge on any atom is 0.146 e. The van der Waals surface area contributed by atoms with Crippen molar-refractivity contribution in [2.75, 3.05) is 11.1 Å². The van der Waals surface area contributed by atoms with Crippen molar-refractivity contribution in [3.05, 3.63) is 53.3 Å². The minimum absolute atomic E-state index is 0.317. The Labute approximate surface area is 122 Å². The minimum atomic E-state index is -0.317. The first-order chi connectivity index (χ1) is 9.65. The lowest BCUT2D eigenvalue weighted by Gasteiger charge is -2.12. The quantitative estimate of drug-likeness (QED) is 0.815. The molecule has 0 aliphatic carbocycles. The lowest BCUT2D eigenvalue weighted by Crippen LogP contribution is -1.98. The fourth-order valence-corrected chi connectivity index (χ4v) is 2.68. The highest BCUT2D eigenvalue weighted by Crippen LogP contribution is 2.30. The number of hydrogen-bond donors (Lipinski definition) is 1. The maximum absolute atomic E-state index is 13.9. The predicted octanol–water partition coefficient (Wildman–Crippen LogP) is 4.86. The number of halogens is 1. The molecule has 0 atom stereocenters. The maximum atomic E-state index is 13.9. The van der Waals surface area contributed by atoms with E-state index in [1.165, 1.54) is 6.07 Å². The van der Waals surface area contributed by atoms with E-state index >= 15 is 0 Å². The molecule has 2 aromatic carbocycles. The SMILES string of the molecule is CCSc1cccc(Nc2ccc(C)cc2F)c1C#N. The van der Waals surface area contributed by atoms with E-state index in [1.807, 2.05) is 32.0 Å². The average Bonchev–Trinajstić information content (AvgIpc) is 2.42. The Morgan fingerprint density at radius 2 is 2.05 bits per heavy atom. The van der Waals surface area contributed by atoms with Crippen LogP contribution in [0.1, 0.15) is 18.1 Å². The lowest BCUT2D eigenvalue weighted by molar-refractivity contribution is 0.630. The summed E-state index contributed by atoms with van der Waals surface area (Å²) in [5, 5.41) is 12.3. The van der Waals surface area contributed by atoms with Gasteiger partial charge in [-0.15, -0.1) is 11.8 Å². The number of aryl methyl sites for hydroxylation is 1. The van der Waals surface area contributed by atoms with E-state index in [0.717, 1.165) is 16.2 Å². The zero-order valence-electron chi connectivity index (χ0n) is 11.4. The van der Waals surface area contributed by atoms with Crippen LogP contribution in [-0.2, 0) is 0 Å². The summed E-state index contributed by atoms with van der Waals surface area (Å²) in [5.74, 6) is 0.569.